The molecule has 10 heteroatoms. The number of amides is 1. The molecule has 0 saturated carbocycles. The van der Waals surface area contributed by atoms with Gasteiger partial charge in [0.2, 0.25) is 0 Å². The van der Waals surface area contributed by atoms with E-state index in [1.165, 1.54) is 44.6 Å². The number of aromatic hydroxyl groups is 1. The second-order valence-corrected chi connectivity index (χ2v) is 5.56. The predicted molar refractivity (Wildman–Crippen MR) is 103 cm³/mol. The fraction of sp³-hybridized carbons (Fsp3) is 0.158. The van der Waals surface area contributed by atoms with Crippen molar-refractivity contribution >= 4 is 29.3 Å². The van der Waals surface area contributed by atoms with E-state index in [1.54, 1.807) is 6.07 Å². The number of carbonyl (C=O) groups is 2. The van der Waals surface area contributed by atoms with Crippen LogP contribution in [-0.2, 0) is 14.3 Å². The summed E-state index contributed by atoms with van der Waals surface area (Å²) in [6, 6.07) is 8.39. The maximum atomic E-state index is 11.9. The van der Waals surface area contributed by atoms with Crippen molar-refractivity contribution in [2.75, 3.05) is 26.1 Å². The topological polar surface area (TPSA) is 137 Å². The number of benzene rings is 2. The van der Waals surface area contributed by atoms with E-state index >= 15 is 0 Å². The van der Waals surface area contributed by atoms with Gasteiger partial charge in [0.05, 0.1) is 25.2 Å². The minimum Gasteiger partial charge on any atom is -0.504 e. The number of nitro benzene ring substituents is 1. The zero-order valence-electron chi connectivity index (χ0n) is 15.6. The number of methoxy groups -OCH3 is 2. The summed E-state index contributed by atoms with van der Waals surface area (Å²) >= 11 is 0. The average Bonchev–Trinajstić information content (AvgIpc) is 2.71. The second kappa shape index (κ2) is 9.74. The van der Waals surface area contributed by atoms with E-state index in [2.05, 4.69) is 5.32 Å². The molecule has 0 aliphatic carbocycles. The highest BCUT2D eigenvalue weighted by Crippen LogP contribution is 2.29. The minimum absolute atomic E-state index is 0.0449. The fourth-order valence-electron chi connectivity index (χ4n) is 2.23. The Bertz CT molecular complexity index is 955. The van der Waals surface area contributed by atoms with Crippen LogP contribution in [0.15, 0.2) is 42.5 Å². The molecule has 0 fully saturated rings. The molecule has 2 aromatic carbocycles. The molecule has 29 heavy (non-hydrogen) atoms. The molecule has 0 heterocycles. The quantitative estimate of drug-likeness (QED) is 0.297. The molecular weight excluding hydrogens is 384 g/mol. The lowest BCUT2D eigenvalue weighted by atomic mass is 10.2. The number of ether oxygens (including phenoxy) is 3. The van der Waals surface area contributed by atoms with Crippen LogP contribution < -0.4 is 14.8 Å². The summed E-state index contributed by atoms with van der Waals surface area (Å²) in [7, 11) is 2.75. The van der Waals surface area contributed by atoms with E-state index in [9.17, 15) is 24.8 Å². The zero-order chi connectivity index (χ0) is 21.4. The fourth-order valence-corrected chi connectivity index (χ4v) is 2.23. The van der Waals surface area contributed by atoms with E-state index in [0.717, 1.165) is 12.1 Å². The molecule has 0 aliphatic heterocycles. The Morgan fingerprint density at radius 1 is 1.17 bits per heavy atom. The Balaban J connectivity index is 1.94. The van der Waals surface area contributed by atoms with Crippen LogP contribution in [0.3, 0.4) is 0 Å². The molecule has 0 atom stereocenters. The lowest BCUT2D eigenvalue weighted by Gasteiger charge is -2.07. The molecular formula is C19H18N2O8. The number of esters is 1. The van der Waals surface area contributed by atoms with Crippen molar-refractivity contribution in [1.82, 2.24) is 0 Å². The highest BCUT2D eigenvalue weighted by atomic mass is 16.6. The van der Waals surface area contributed by atoms with Gasteiger partial charge in [-0.2, -0.15) is 0 Å². The van der Waals surface area contributed by atoms with Gasteiger partial charge in [0, 0.05) is 6.08 Å². The lowest BCUT2D eigenvalue weighted by molar-refractivity contribution is -0.384. The smallest absolute Gasteiger partial charge is 0.331 e. The summed E-state index contributed by atoms with van der Waals surface area (Å²) in [4.78, 5) is 34.1. The van der Waals surface area contributed by atoms with Gasteiger partial charge in [-0.05, 0) is 35.9 Å². The number of phenols is 1. The van der Waals surface area contributed by atoms with Crippen LogP contribution >= 0.6 is 0 Å². The van der Waals surface area contributed by atoms with Gasteiger partial charge in [-0.25, -0.2) is 4.79 Å². The Labute approximate surface area is 165 Å². The minimum atomic E-state index is -0.795. The monoisotopic (exact) mass is 402 g/mol. The van der Waals surface area contributed by atoms with Gasteiger partial charge in [0.25, 0.3) is 11.6 Å². The molecule has 1 amide bonds. The lowest BCUT2D eigenvalue weighted by Crippen LogP contribution is -2.20. The number of rotatable bonds is 8. The zero-order valence-corrected chi connectivity index (χ0v) is 15.6. The van der Waals surface area contributed by atoms with Crippen LogP contribution in [0.25, 0.3) is 6.08 Å². The third-order valence-corrected chi connectivity index (χ3v) is 3.64. The number of carbonyl (C=O) groups excluding carboxylic acids is 2. The van der Waals surface area contributed by atoms with Crippen molar-refractivity contribution in [3.05, 3.63) is 58.2 Å². The van der Waals surface area contributed by atoms with Gasteiger partial charge in [-0.1, -0.05) is 6.07 Å². The van der Waals surface area contributed by atoms with E-state index in [1.807, 2.05) is 0 Å². The Morgan fingerprint density at radius 2 is 1.93 bits per heavy atom. The van der Waals surface area contributed by atoms with Gasteiger partial charge in [0.15, 0.2) is 18.1 Å². The van der Waals surface area contributed by atoms with Crippen LogP contribution in [0.2, 0.25) is 0 Å². The number of nitrogens with zero attached hydrogens (tertiary/aromatic N) is 1. The van der Waals surface area contributed by atoms with Crippen LogP contribution in [0.4, 0.5) is 11.4 Å². The maximum absolute atomic E-state index is 11.9. The van der Waals surface area contributed by atoms with Crippen molar-refractivity contribution in [1.29, 1.82) is 0 Å². The van der Waals surface area contributed by atoms with E-state index in [0.29, 0.717) is 5.56 Å². The largest absolute Gasteiger partial charge is 0.504 e. The molecule has 0 spiro atoms. The normalized spacial score (nSPS) is 10.4. The molecule has 0 aromatic heterocycles. The van der Waals surface area contributed by atoms with E-state index in [-0.39, 0.29) is 28.6 Å². The van der Waals surface area contributed by atoms with Gasteiger partial charge in [-0.3, -0.25) is 14.9 Å². The molecule has 0 saturated heterocycles. The van der Waals surface area contributed by atoms with Gasteiger partial charge in [-0.15, -0.1) is 0 Å². The second-order valence-electron chi connectivity index (χ2n) is 5.56. The molecule has 2 aromatic rings. The molecule has 10 nitrogen and oxygen atoms in total. The van der Waals surface area contributed by atoms with Crippen molar-refractivity contribution < 1.29 is 33.8 Å². The van der Waals surface area contributed by atoms with Gasteiger partial charge in [0.1, 0.15) is 11.4 Å². The van der Waals surface area contributed by atoms with Crippen LogP contribution in [0, 0.1) is 10.1 Å². The van der Waals surface area contributed by atoms with Crippen molar-refractivity contribution in [2.24, 2.45) is 0 Å². The van der Waals surface area contributed by atoms with E-state index in [4.69, 9.17) is 14.2 Å². The van der Waals surface area contributed by atoms with Crippen LogP contribution in [0.1, 0.15) is 5.56 Å². The first-order valence-corrected chi connectivity index (χ1v) is 8.18. The van der Waals surface area contributed by atoms with Crippen LogP contribution in [0.5, 0.6) is 17.2 Å². The summed E-state index contributed by atoms with van der Waals surface area (Å²) in [5.41, 5.74) is 0.156. The molecule has 0 bridgehead atoms. The van der Waals surface area contributed by atoms with Crippen molar-refractivity contribution in [3.8, 4) is 17.2 Å². The highest BCUT2D eigenvalue weighted by Gasteiger charge is 2.17. The molecule has 152 valence electrons. The standard InChI is InChI=1S/C19H18N2O8/c1-27-13-5-6-14(15(10-13)21(25)26)20-18(23)11-29-19(24)8-4-12-3-7-16(22)17(9-12)28-2/h3-10,22H,11H2,1-2H3,(H,20,23). The molecule has 2 rings (SSSR count). The Hall–Kier alpha value is -4.08. The SMILES string of the molecule is COc1ccc(NC(=O)COC(=O)C=Cc2ccc(O)c(OC)c2)c([N+](=O)[O-])c1. The Morgan fingerprint density at radius 3 is 2.59 bits per heavy atom. The number of hydrogen-bond donors (Lipinski definition) is 2. The van der Waals surface area contributed by atoms with Gasteiger partial charge >= 0.3 is 5.97 Å². The number of hydrogen-bond acceptors (Lipinski definition) is 8. The number of phenolic OH excluding ortho intramolecular Hbond substituents is 1. The number of anilines is 1. The molecule has 0 unspecified atom stereocenters. The molecule has 0 radical (unpaired) electrons. The first-order valence-electron chi connectivity index (χ1n) is 8.18. The van der Waals surface area contributed by atoms with Crippen LogP contribution in [-0.4, -0.2) is 42.7 Å². The number of nitro groups is 1. The Kier molecular flexibility index (Phi) is 7.13. The van der Waals surface area contributed by atoms with Gasteiger partial charge < -0.3 is 24.6 Å². The summed E-state index contributed by atoms with van der Waals surface area (Å²) in [5.74, 6) is -1.09. The first kappa shape index (κ1) is 21.2. The summed E-state index contributed by atoms with van der Waals surface area (Å²) in [6.07, 6.45) is 2.51. The third kappa shape index (κ3) is 5.96. The summed E-state index contributed by atoms with van der Waals surface area (Å²) < 4.78 is 14.7. The average molecular weight is 402 g/mol. The third-order valence-electron chi connectivity index (χ3n) is 3.64. The predicted octanol–water partition coefficient (Wildman–Crippen LogP) is 2.51. The van der Waals surface area contributed by atoms with Crippen molar-refractivity contribution in [2.45, 2.75) is 0 Å². The first-order chi connectivity index (χ1) is 13.8. The molecule has 2 N–H and O–H groups in total. The summed E-state index contributed by atoms with van der Waals surface area (Å²) in [5, 5.41) is 22.9. The summed E-state index contributed by atoms with van der Waals surface area (Å²) in [6.45, 7) is -0.634. The van der Waals surface area contributed by atoms with Crippen molar-refractivity contribution in [3.63, 3.8) is 0 Å². The van der Waals surface area contributed by atoms with E-state index < -0.39 is 23.4 Å². The molecule has 0 aliphatic rings. The maximum Gasteiger partial charge on any atom is 0.331 e. The number of nitrogens with one attached hydrogen (secondary N) is 1. The highest BCUT2D eigenvalue weighted by molar-refractivity contribution is 5.96.